The highest BCUT2D eigenvalue weighted by Gasteiger charge is 2.57. The quantitative estimate of drug-likeness (QED) is 0.543. The van der Waals surface area contributed by atoms with E-state index in [4.69, 9.17) is 23.7 Å². The molecule has 0 amide bonds. The number of esters is 2. The van der Waals surface area contributed by atoms with Crippen LogP contribution in [0.15, 0.2) is 12.1 Å². The highest BCUT2D eigenvalue weighted by atomic mass is 16.5. The normalized spacial score (nSPS) is 26.4. The zero-order valence-electron chi connectivity index (χ0n) is 17.3. The lowest BCUT2D eigenvalue weighted by Gasteiger charge is -2.43. The molecule has 0 unspecified atom stereocenters. The van der Waals surface area contributed by atoms with Gasteiger partial charge in [-0.05, 0) is 24.6 Å². The molecular weight excluding hydrogens is 384 g/mol. The molecule has 9 heteroatoms. The standard InChI is InChI=1S/C20H26O9/c1-20(24)9-11(21)15(18(22)28-5)14(16(20)19(23)29-6)10-7-12(25-2)17(27-4)13(8-10)26-3/h7-8,14-16,24H,9H2,1-6H3/t14-,15+,16+,20+/m1/s1. The molecule has 9 nitrogen and oxygen atoms in total. The van der Waals surface area contributed by atoms with Gasteiger partial charge < -0.3 is 28.8 Å². The number of carbonyl (C=O) groups excluding carboxylic acids is 3. The minimum atomic E-state index is -1.74. The van der Waals surface area contributed by atoms with E-state index in [1.807, 2.05) is 0 Å². The largest absolute Gasteiger partial charge is 0.493 e. The number of rotatable bonds is 6. The smallest absolute Gasteiger partial charge is 0.316 e. The van der Waals surface area contributed by atoms with E-state index in [-0.39, 0.29) is 11.5 Å². The molecule has 1 aliphatic carbocycles. The third-order valence-electron chi connectivity index (χ3n) is 5.25. The predicted octanol–water partition coefficient (Wildman–Crippen LogP) is 1.10. The van der Waals surface area contributed by atoms with Gasteiger partial charge in [0.2, 0.25) is 5.75 Å². The van der Waals surface area contributed by atoms with Gasteiger partial charge in [0.1, 0.15) is 5.92 Å². The summed E-state index contributed by atoms with van der Waals surface area (Å²) < 4.78 is 25.7. The van der Waals surface area contributed by atoms with E-state index in [2.05, 4.69) is 0 Å². The Morgan fingerprint density at radius 2 is 1.48 bits per heavy atom. The fourth-order valence-corrected chi connectivity index (χ4v) is 3.96. The monoisotopic (exact) mass is 410 g/mol. The third-order valence-corrected chi connectivity index (χ3v) is 5.25. The van der Waals surface area contributed by atoms with Gasteiger partial charge in [-0.3, -0.25) is 14.4 Å². The molecule has 0 bridgehead atoms. The van der Waals surface area contributed by atoms with Gasteiger partial charge in [-0.1, -0.05) is 0 Å². The number of ether oxygens (including phenoxy) is 5. The van der Waals surface area contributed by atoms with E-state index in [1.165, 1.54) is 47.5 Å². The third kappa shape index (κ3) is 4.00. The summed E-state index contributed by atoms with van der Waals surface area (Å²) in [7, 11) is 6.59. The first-order valence-corrected chi connectivity index (χ1v) is 8.87. The number of ketones is 1. The second-order valence-electron chi connectivity index (χ2n) is 6.99. The zero-order chi connectivity index (χ0) is 21.9. The minimum Gasteiger partial charge on any atom is -0.493 e. The van der Waals surface area contributed by atoms with Gasteiger partial charge in [-0.2, -0.15) is 0 Å². The van der Waals surface area contributed by atoms with E-state index in [0.29, 0.717) is 11.3 Å². The molecule has 0 heterocycles. The van der Waals surface area contributed by atoms with Crippen molar-refractivity contribution in [3.63, 3.8) is 0 Å². The van der Waals surface area contributed by atoms with Gasteiger partial charge in [0.15, 0.2) is 17.3 Å². The van der Waals surface area contributed by atoms with Crippen LogP contribution in [0.2, 0.25) is 0 Å². The van der Waals surface area contributed by atoms with Crippen molar-refractivity contribution in [2.45, 2.75) is 24.9 Å². The van der Waals surface area contributed by atoms with Crippen LogP contribution in [0.3, 0.4) is 0 Å². The summed E-state index contributed by atoms with van der Waals surface area (Å²) in [6, 6.07) is 3.07. The van der Waals surface area contributed by atoms with Crippen molar-refractivity contribution in [3.05, 3.63) is 17.7 Å². The van der Waals surface area contributed by atoms with Crippen molar-refractivity contribution >= 4 is 17.7 Å². The Balaban J connectivity index is 2.80. The van der Waals surface area contributed by atoms with E-state index in [1.54, 1.807) is 0 Å². The van der Waals surface area contributed by atoms with Gasteiger partial charge in [-0.15, -0.1) is 0 Å². The molecule has 160 valence electrons. The van der Waals surface area contributed by atoms with Crippen LogP contribution >= 0.6 is 0 Å². The molecule has 0 aliphatic heterocycles. The number of hydrogen-bond acceptors (Lipinski definition) is 9. The van der Waals surface area contributed by atoms with Crippen LogP contribution in [-0.4, -0.2) is 64.0 Å². The highest BCUT2D eigenvalue weighted by molar-refractivity contribution is 6.02. The van der Waals surface area contributed by atoms with Crippen molar-refractivity contribution in [3.8, 4) is 17.2 Å². The van der Waals surface area contributed by atoms with Gasteiger partial charge in [0.05, 0.1) is 47.1 Å². The Morgan fingerprint density at radius 3 is 1.90 bits per heavy atom. The van der Waals surface area contributed by atoms with E-state index in [9.17, 15) is 19.5 Å². The molecule has 0 radical (unpaired) electrons. The van der Waals surface area contributed by atoms with Crippen molar-refractivity contribution < 1.29 is 43.2 Å². The highest BCUT2D eigenvalue weighted by Crippen LogP contribution is 2.49. The summed E-state index contributed by atoms with van der Waals surface area (Å²) in [5.41, 5.74) is -1.38. The van der Waals surface area contributed by atoms with Gasteiger partial charge in [0.25, 0.3) is 0 Å². The molecule has 2 rings (SSSR count). The lowest BCUT2D eigenvalue weighted by Crippen LogP contribution is -2.55. The average molecular weight is 410 g/mol. The Bertz CT molecular complexity index is 774. The molecule has 29 heavy (non-hydrogen) atoms. The van der Waals surface area contributed by atoms with Gasteiger partial charge in [0, 0.05) is 12.3 Å². The van der Waals surface area contributed by atoms with Gasteiger partial charge >= 0.3 is 11.9 Å². The maximum atomic E-state index is 12.8. The summed E-state index contributed by atoms with van der Waals surface area (Å²) >= 11 is 0. The van der Waals surface area contributed by atoms with Crippen molar-refractivity contribution in [2.24, 2.45) is 11.8 Å². The first-order valence-electron chi connectivity index (χ1n) is 8.87. The molecule has 0 saturated heterocycles. The molecule has 1 fully saturated rings. The molecule has 1 aliphatic rings. The topological polar surface area (TPSA) is 118 Å². The summed E-state index contributed by atoms with van der Waals surface area (Å²) in [5.74, 6) is -4.85. The number of benzene rings is 1. The van der Waals surface area contributed by atoms with Gasteiger partial charge in [-0.25, -0.2) is 0 Å². The molecule has 1 N–H and O–H groups in total. The second-order valence-corrected chi connectivity index (χ2v) is 6.99. The van der Waals surface area contributed by atoms with Crippen molar-refractivity contribution in [1.82, 2.24) is 0 Å². The number of Topliss-reactive ketones (excluding diaryl/α,β-unsaturated/α-hetero) is 1. The van der Waals surface area contributed by atoms with Crippen LogP contribution in [-0.2, 0) is 23.9 Å². The molecule has 0 aromatic heterocycles. The Kier molecular flexibility index (Phi) is 6.73. The molecule has 1 aromatic rings. The zero-order valence-corrected chi connectivity index (χ0v) is 17.3. The van der Waals surface area contributed by atoms with E-state index >= 15 is 0 Å². The van der Waals surface area contributed by atoms with E-state index < -0.39 is 47.5 Å². The average Bonchev–Trinajstić information content (AvgIpc) is 2.70. The maximum absolute atomic E-state index is 12.8. The van der Waals surface area contributed by atoms with Crippen molar-refractivity contribution in [2.75, 3.05) is 35.5 Å². The number of hydrogen-bond donors (Lipinski definition) is 1. The second kappa shape index (κ2) is 8.69. The summed E-state index contributed by atoms with van der Waals surface area (Å²) in [4.78, 5) is 37.9. The van der Waals surface area contributed by atoms with Crippen molar-refractivity contribution in [1.29, 1.82) is 0 Å². The fraction of sp³-hybridized carbons (Fsp3) is 0.550. The molecule has 0 spiro atoms. The fourth-order valence-electron chi connectivity index (χ4n) is 3.96. The van der Waals surface area contributed by atoms with E-state index in [0.717, 1.165) is 7.11 Å². The SMILES string of the molecule is COC(=O)[C@H]1C(=O)C[C@](C)(O)[C@H](C(=O)OC)[C@@H]1c1cc(OC)c(OC)c(OC)c1. The summed E-state index contributed by atoms with van der Waals surface area (Å²) in [6.07, 6.45) is -0.395. The summed E-state index contributed by atoms with van der Waals surface area (Å²) in [5, 5.41) is 10.9. The molecule has 4 atom stereocenters. The van der Waals surface area contributed by atoms with Crippen LogP contribution in [0.25, 0.3) is 0 Å². The number of carbonyl (C=O) groups is 3. The van der Waals surface area contributed by atoms with Crippen LogP contribution in [0.5, 0.6) is 17.2 Å². The summed E-state index contributed by atoms with van der Waals surface area (Å²) in [6.45, 7) is 1.37. The maximum Gasteiger partial charge on any atom is 0.316 e. The van der Waals surface area contributed by atoms with Crippen LogP contribution in [0.4, 0.5) is 0 Å². The first-order chi connectivity index (χ1) is 13.7. The van der Waals surface area contributed by atoms with Crippen LogP contribution in [0, 0.1) is 11.8 Å². The number of aliphatic hydroxyl groups is 1. The lowest BCUT2D eigenvalue weighted by molar-refractivity contribution is -0.170. The Hall–Kier alpha value is -2.81. The minimum absolute atomic E-state index is 0.270. The first kappa shape index (κ1) is 22.5. The Morgan fingerprint density at radius 1 is 0.966 bits per heavy atom. The molecule has 1 saturated carbocycles. The van der Waals surface area contributed by atoms with Crippen LogP contribution in [0.1, 0.15) is 24.8 Å². The molecule has 1 aromatic carbocycles. The molecular formula is C20H26O9. The van der Waals surface area contributed by atoms with Crippen LogP contribution < -0.4 is 14.2 Å². The lowest BCUT2D eigenvalue weighted by atomic mass is 9.61. The number of methoxy groups -OCH3 is 5. The predicted molar refractivity (Wildman–Crippen MR) is 100 cm³/mol. The Labute approximate surface area is 168 Å².